The third-order valence-electron chi connectivity index (χ3n) is 0. The molecule has 0 aliphatic heterocycles. The Labute approximate surface area is 133 Å². The quantitative estimate of drug-likeness (QED) is 0.530. The molecule has 16 valence electrons. The molecule has 0 bridgehead atoms. The minimum atomic E-state index is 0. The monoisotopic (exact) mass is 270 g/mol. The third kappa shape index (κ3) is 9.60. The van der Waals surface area contributed by atoms with E-state index in [1.54, 1.807) is 0 Å². The van der Waals surface area contributed by atoms with Gasteiger partial charge in [-0.1, -0.05) is 0 Å². The average molecular weight is 271 g/mol. The van der Waals surface area contributed by atoms with Crippen LogP contribution >= 0.6 is 0 Å². The predicted molar refractivity (Wildman–Crippen MR) is 16.0 cm³/mol. The maximum absolute atomic E-state index is 0. The van der Waals surface area contributed by atoms with Crippen molar-refractivity contribution in [2.45, 2.75) is 0 Å². The van der Waals surface area contributed by atoms with Crippen molar-refractivity contribution in [1.82, 2.24) is 0 Å². The molecule has 0 nitrogen and oxygen atoms in total. The summed E-state index contributed by atoms with van der Waals surface area (Å²) in [7, 11) is 0. The van der Waals surface area contributed by atoms with Crippen LogP contribution in [0.15, 0.2) is 0 Å². The van der Waals surface area contributed by atoms with Crippen molar-refractivity contribution in [2.24, 2.45) is 0 Å². The standard InChI is InChI=1S/Ca.Sr.Ti.Zr.4H/q2*+2;;;4*-1. The zero-order valence-corrected chi connectivity index (χ0v) is 12.1. The molecule has 0 N–H and O–H groups in total. The summed E-state index contributed by atoms with van der Waals surface area (Å²) in [5, 5.41) is 0. The van der Waals surface area contributed by atoms with Crippen molar-refractivity contribution >= 4 is 83.2 Å². The van der Waals surface area contributed by atoms with Gasteiger partial charge in [-0.25, -0.2) is 0 Å². The first kappa shape index (κ1) is 23.9. The van der Waals surface area contributed by atoms with E-state index in [1.807, 2.05) is 0 Å². The first-order valence-corrected chi connectivity index (χ1v) is 0. The average Bonchev–Trinajstić information content (AvgIpc) is 0. The van der Waals surface area contributed by atoms with Crippen molar-refractivity contribution in [1.29, 1.82) is 0 Å². The summed E-state index contributed by atoms with van der Waals surface area (Å²) < 4.78 is 0. The van der Waals surface area contributed by atoms with Crippen LogP contribution < -0.4 is 0 Å². The van der Waals surface area contributed by atoms with E-state index in [0.717, 1.165) is 0 Å². The molecule has 0 aliphatic rings. The number of hydrogen-bond acceptors (Lipinski definition) is 0. The minimum Gasteiger partial charge on any atom is -1.00 e. The molecule has 0 aromatic carbocycles. The Bertz CT molecular complexity index is 16.0. The molecule has 0 aliphatic carbocycles. The van der Waals surface area contributed by atoms with Crippen LogP contribution in [-0.2, 0) is 47.9 Å². The van der Waals surface area contributed by atoms with Crippen LogP contribution in [0.2, 0.25) is 0 Å². The Morgan fingerprint density at radius 3 is 1.25 bits per heavy atom. The Kier molecular flexibility index (Phi) is 93.4. The Morgan fingerprint density at radius 2 is 1.25 bits per heavy atom. The first-order valence-electron chi connectivity index (χ1n) is 0. The summed E-state index contributed by atoms with van der Waals surface area (Å²) in [6.07, 6.45) is 0. The van der Waals surface area contributed by atoms with Crippen LogP contribution in [0.1, 0.15) is 5.71 Å². The molecular weight excluding hydrogens is 267 g/mol. The van der Waals surface area contributed by atoms with Gasteiger partial charge in [-0.2, -0.15) is 0 Å². The predicted octanol–water partition coefficient (Wildman–Crippen LogP) is -0.317. The van der Waals surface area contributed by atoms with Gasteiger partial charge >= 0.3 is 83.2 Å². The summed E-state index contributed by atoms with van der Waals surface area (Å²) in [5.74, 6) is 0. The number of hydrogen-bond donors (Lipinski definition) is 0. The Balaban J connectivity index is 0. The van der Waals surface area contributed by atoms with Crippen LogP contribution in [-0.4, -0.2) is 83.2 Å². The topological polar surface area (TPSA) is 0 Å². The normalized spacial score (nSPS) is 0. The van der Waals surface area contributed by atoms with Gasteiger partial charge in [-0.15, -0.1) is 0 Å². The van der Waals surface area contributed by atoms with Crippen molar-refractivity contribution in [2.75, 3.05) is 0 Å². The molecular formula is H4CaSrTiZr. The second-order valence-electron chi connectivity index (χ2n) is 0. The molecule has 0 unspecified atom stereocenters. The molecule has 0 saturated carbocycles. The van der Waals surface area contributed by atoms with Gasteiger partial charge in [0.2, 0.25) is 0 Å². The van der Waals surface area contributed by atoms with Gasteiger partial charge in [0, 0.05) is 47.9 Å². The molecule has 0 amide bonds. The fourth-order valence-corrected chi connectivity index (χ4v) is 0. The molecule has 0 heterocycles. The van der Waals surface area contributed by atoms with E-state index in [9.17, 15) is 0 Å². The van der Waals surface area contributed by atoms with Gasteiger partial charge in [0.05, 0.1) is 0 Å². The van der Waals surface area contributed by atoms with Crippen LogP contribution in [0, 0.1) is 0 Å². The van der Waals surface area contributed by atoms with Crippen LogP contribution in [0.4, 0.5) is 0 Å². The fourth-order valence-electron chi connectivity index (χ4n) is 0. The van der Waals surface area contributed by atoms with Gasteiger partial charge in [0.15, 0.2) is 0 Å². The first-order chi connectivity index (χ1) is 0. The summed E-state index contributed by atoms with van der Waals surface area (Å²) in [6, 6.07) is 0. The minimum absolute atomic E-state index is 0. The van der Waals surface area contributed by atoms with Crippen molar-refractivity contribution in [3.8, 4) is 0 Å². The molecule has 4 heteroatoms. The van der Waals surface area contributed by atoms with Gasteiger partial charge in [-0.3, -0.25) is 0 Å². The second-order valence-corrected chi connectivity index (χ2v) is 0. The van der Waals surface area contributed by atoms with Gasteiger partial charge in [-0.05, 0) is 0 Å². The van der Waals surface area contributed by atoms with Gasteiger partial charge < -0.3 is 5.71 Å². The van der Waals surface area contributed by atoms with Gasteiger partial charge in [0.1, 0.15) is 0 Å². The maximum atomic E-state index is 0. The van der Waals surface area contributed by atoms with Crippen molar-refractivity contribution < 1.29 is 53.6 Å². The fraction of sp³-hybridized carbons (Fsp3) is 0. The molecule has 0 spiro atoms. The summed E-state index contributed by atoms with van der Waals surface area (Å²) in [6.45, 7) is 0. The van der Waals surface area contributed by atoms with Crippen molar-refractivity contribution in [3.05, 3.63) is 0 Å². The van der Waals surface area contributed by atoms with E-state index in [2.05, 4.69) is 0 Å². The Morgan fingerprint density at radius 1 is 1.25 bits per heavy atom. The second kappa shape index (κ2) is 15.7. The molecule has 0 fully saturated rings. The van der Waals surface area contributed by atoms with Gasteiger partial charge in [0.25, 0.3) is 0 Å². The smallest absolute Gasteiger partial charge is 1.00 e. The molecule has 4 heavy (non-hydrogen) atoms. The van der Waals surface area contributed by atoms with E-state index < -0.39 is 0 Å². The summed E-state index contributed by atoms with van der Waals surface area (Å²) in [4.78, 5) is 0. The van der Waals surface area contributed by atoms with Crippen LogP contribution in [0.25, 0.3) is 0 Å². The molecule has 0 radical (unpaired) electrons. The molecule has 0 rings (SSSR count). The zero-order valence-electron chi connectivity index (χ0n) is 6.41. The molecule has 0 atom stereocenters. The zero-order chi connectivity index (χ0) is 0. The third-order valence-corrected chi connectivity index (χ3v) is 0. The number of rotatable bonds is 0. The summed E-state index contributed by atoms with van der Waals surface area (Å²) in [5.41, 5.74) is 0. The Hall–Kier alpha value is 4.34. The molecule has 0 saturated heterocycles. The van der Waals surface area contributed by atoms with E-state index in [0.29, 0.717) is 0 Å². The largest absolute Gasteiger partial charge is 2.00 e. The van der Waals surface area contributed by atoms with Crippen LogP contribution in [0.5, 0.6) is 0 Å². The maximum Gasteiger partial charge on any atom is 2.00 e. The SMILES string of the molecule is [Ca+2].[H-].[H-].[H-].[H-].[Sr+2].[Ti].[Zr]. The van der Waals surface area contributed by atoms with Crippen LogP contribution in [0.3, 0.4) is 0 Å². The van der Waals surface area contributed by atoms with E-state index in [4.69, 9.17) is 0 Å². The van der Waals surface area contributed by atoms with E-state index in [1.165, 1.54) is 0 Å². The van der Waals surface area contributed by atoms with E-state index >= 15 is 0 Å². The van der Waals surface area contributed by atoms with E-state index in [-0.39, 0.29) is 137 Å². The van der Waals surface area contributed by atoms with Crippen molar-refractivity contribution in [3.63, 3.8) is 0 Å². The molecule has 0 aromatic heterocycles. The molecule has 0 aromatic rings. The summed E-state index contributed by atoms with van der Waals surface area (Å²) >= 11 is 0.